The predicted molar refractivity (Wildman–Crippen MR) is 112 cm³/mol. The standard InChI is InChI=1S/C21H33ClN4O/c1-2-23-21(24-14-17-4-3-5-20(17)27)25-19-10-12-26(13-11-19)15-16-6-8-18(22)9-7-16/h6-9,17,19-20,27H,2-5,10-15H2,1H3,(H2,23,24,25). The van der Waals surface area contributed by atoms with Gasteiger partial charge in [0.25, 0.3) is 0 Å². The van der Waals surface area contributed by atoms with Gasteiger partial charge in [-0.3, -0.25) is 9.89 Å². The van der Waals surface area contributed by atoms with Crippen molar-refractivity contribution in [2.45, 2.75) is 57.7 Å². The summed E-state index contributed by atoms with van der Waals surface area (Å²) >= 11 is 5.97. The van der Waals surface area contributed by atoms with Gasteiger partial charge >= 0.3 is 0 Å². The summed E-state index contributed by atoms with van der Waals surface area (Å²) in [6.45, 7) is 6.82. The van der Waals surface area contributed by atoms with Crippen molar-refractivity contribution in [1.29, 1.82) is 0 Å². The third-order valence-electron chi connectivity index (χ3n) is 5.69. The van der Waals surface area contributed by atoms with Crippen LogP contribution in [-0.4, -0.2) is 54.3 Å². The zero-order valence-corrected chi connectivity index (χ0v) is 17.1. The van der Waals surface area contributed by atoms with Gasteiger partial charge in [-0.15, -0.1) is 0 Å². The van der Waals surface area contributed by atoms with Crippen LogP contribution in [0.25, 0.3) is 0 Å². The van der Waals surface area contributed by atoms with Gasteiger partial charge in [-0.2, -0.15) is 0 Å². The molecule has 0 spiro atoms. The molecular weight excluding hydrogens is 360 g/mol. The number of nitrogens with one attached hydrogen (secondary N) is 2. The molecule has 2 aliphatic rings. The lowest BCUT2D eigenvalue weighted by Gasteiger charge is -2.33. The highest BCUT2D eigenvalue weighted by molar-refractivity contribution is 6.30. The number of hydrogen-bond acceptors (Lipinski definition) is 3. The third-order valence-corrected chi connectivity index (χ3v) is 5.95. The fraction of sp³-hybridized carbons (Fsp3) is 0.667. The van der Waals surface area contributed by atoms with Crippen molar-refractivity contribution in [2.24, 2.45) is 10.9 Å². The summed E-state index contributed by atoms with van der Waals surface area (Å²) in [4.78, 5) is 7.24. The number of piperidine rings is 1. The number of guanidine groups is 1. The lowest BCUT2D eigenvalue weighted by atomic mass is 10.0. The van der Waals surface area contributed by atoms with E-state index < -0.39 is 0 Å². The van der Waals surface area contributed by atoms with Crippen molar-refractivity contribution >= 4 is 17.6 Å². The number of halogens is 1. The fourth-order valence-electron chi connectivity index (χ4n) is 4.04. The Morgan fingerprint density at radius 3 is 2.56 bits per heavy atom. The van der Waals surface area contributed by atoms with E-state index in [-0.39, 0.29) is 6.10 Å². The zero-order valence-electron chi connectivity index (χ0n) is 16.3. The number of hydrogen-bond donors (Lipinski definition) is 3. The predicted octanol–water partition coefficient (Wildman–Crippen LogP) is 3.02. The number of benzene rings is 1. The van der Waals surface area contributed by atoms with E-state index in [2.05, 4.69) is 34.6 Å². The number of aliphatic imine (C=N–C) groups is 1. The summed E-state index contributed by atoms with van der Waals surface area (Å²) in [5, 5.41) is 17.7. The molecule has 2 fully saturated rings. The highest BCUT2D eigenvalue weighted by atomic mass is 35.5. The van der Waals surface area contributed by atoms with Crippen molar-refractivity contribution in [3.8, 4) is 0 Å². The van der Waals surface area contributed by atoms with Crippen LogP contribution < -0.4 is 10.6 Å². The minimum atomic E-state index is -0.173. The molecule has 3 rings (SSSR count). The summed E-state index contributed by atoms with van der Waals surface area (Å²) in [6, 6.07) is 8.61. The zero-order chi connectivity index (χ0) is 19.1. The fourth-order valence-corrected chi connectivity index (χ4v) is 4.16. The molecule has 3 N–H and O–H groups in total. The van der Waals surface area contributed by atoms with Crippen LogP contribution in [0.2, 0.25) is 5.02 Å². The van der Waals surface area contributed by atoms with Gasteiger partial charge in [-0.25, -0.2) is 0 Å². The van der Waals surface area contributed by atoms with E-state index in [4.69, 9.17) is 16.6 Å². The van der Waals surface area contributed by atoms with Crippen LogP contribution in [0.1, 0.15) is 44.6 Å². The summed E-state index contributed by atoms with van der Waals surface area (Å²) in [7, 11) is 0. The molecule has 5 nitrogen and oxygen atoms in total. The molecule has 0 amide bonds. The molecule has 1 saturated carbocycles. The molecule has 0 radical (unpaired) electrons. The number of nitrogens with zero attached hydrogens (tertiary/aromatic N) is 2. The van der Waals surface area contributed by atoms with Crippen molar-refractivity contribution in [1.82, 2.24) is 15.5 Å². The van der Waals surface area contributed by atoms with E-state index in [1.807, 2.05) is 12.1 Å². The first-order valence-corrected chi connectivity index (χ1v) is 10.7. The molecule has 27 heavy (non-hydrogen) atoms. The number of likely N-dealkylation sites (tertiary alicyclic amines) is 1. The maximum Gasteiger partial charge on any atom is 0.191 e. The normalized spacial score (nSPS) is 24.9. The molecule has 1 saturated heterocycles. The number of rotatable bonds is 6. The van der Waals surface area contributed by atoms with Crippen LogP contribution in [-0.2, 0) is 6.54 Å². The average Bonchev–Trinajstić information content (AvgIpc) is 3.08. The molecular formula is C21H33ClN4O. The number of aliphatic hydroxyl groups is 1. The molecule has 1 aliphatic carbocycles. The molecule has 6 heteroatoms. The second-order valence-electron chi connectivity index (χ2n) is 7.80. The first-order chi connectivity index (χ1) is 13.1. The lowest BCUT2D eigenvalue weighted by Crippen LogP contribution is -2.48. The molecule has 1 aromatic rings. The minimum Gasteiger partial charge on any atom is -0.393 e. The Kier molecular flexibility index (Phi) is 7.80. The van der Waals surface area contributed by atoms with Crippen LogP contribution in [0.15, 0.2) is 29.3 Å². The van der Waals surface area contributed by atoms with Crippen molar-refractivity contribution in [3.63, 3.8) is 0 Å². The van der Waals surface area contributed by atoms with Crippen LogP contribution >= 0.6 is 11.6 Å². The molecule has 150 valence electrons. The first kappa shape index (κ1) is 20.4. The van der Waals surface area contributed by atoms with Gasteiger partial charge in [-0.1, -0.05) is 30.2 Å². The Balaban J connectivity index is 1.45. The first-order valence-electron chi connectivity index (χ1n) is 10.3. The van der Waals surface area contributed by atoms with Gasteiger partial charge in [0.15, 0.2) is 5.96 Å². The van der Waals surface area contributed by atoms with Crippen LogP contribution in [0.3, 0.4) is 0 Å². The smallest absolute Gasteiger partial charge is 0.191 e. The largest absolute Gasteiger partial charge is 0.393 e. The third kappa shape index (κ3) is 6.37. The molecule has 1 heterocycles. The summed E-state index contributed by atoms with van der Waals surface area (Å²) in [5.41, 5.74) is 1.32. The second-order valence-corrected chi connectivity index (χ2v) is 8.24. The Morgan fingerprint density at radius 2 is 1.93 bits per heavy atom. The van der Waals surface area contributed by atoms with Crippen molar-refractivity contribution < 1.29 is 5.11 Å². The Labute approximate surface area is 168 Å². The highest BCUT2D eigenvalue weighted by Crippen LogP contribution is 2.25. The van der Waals surface area contributed by atoms with Crippen molar-refractivity contribution in [3.05, 3.63) is 34.9 Å². The van der Waals surface area contributed by atoms with Gasteiger partial charge in [0.2, 0.25) is 0 Å². The SMILES string of the molecule is CCNC(=NCC1CCCC1O)NC1CCN(Cc2ccc(Cl)cc2)CC1. The van der Waals surface area contributed by atoms with E-state index in [9.17, 15) is 5.11 Å². The average molecular weight is 393 g/mol. The molecule has 0 bridgehead atoms. The highest BCUT2D eigenvalue weighted by Gasteiger charge is 2.25. The van der Waals surface area contributed by atoms with E-state index >= 15 is 0 Å². The van der Waals surface area contributed by atoms with Gasteiger partial charge < -0.3 is 15.7 Å². The molecule has 2 atom stereocenters. The van der Waals surface area contributed by atoms with E-state index in [1.54, 1.807) is 0 Å². The summed E-state index contributed by atoms with van der Waals surface area (Å²) in [5.74, 6) is 1.22. The van der Waals surface area contributed by atoms with Crippen LogP contribution in [0.4, 0.5) is 0 Å². The summed E-state index contributed by atoms with van der Waals surface area (Å²) in [6.07, 6.45) is 5.20. The summed E-state index contributed by atoms with van der Waals surface area (Å²) < 4.78 is 0. The molecule has 1 aliphatic heterocycles. The van der Waals surface area contributed by atoms with Crippen molar-refractivity contribution in [2.75, 3.05) is 26.2 Å². The van der Waals surface area contributed by atoms with Crippen LogP contribution in [0, 0.1) is 5.92 Å². The second kappa shape index (κ2) is 10.3. The number of aliphatic hydroxyl groups excluding tert-OH is 1. The van der Waals surface area contributed by atoms with Gasteiger partial charge in [0.1, 0.15) is 0 Å². The molecule has 0 aromatic heterocycles. The van der Waals surface area contributed by atoms with Gasteiger partial charge in [0, 0.05) is 49.7 Å². The Morgan fingerprint density at radius 1 is 1.19 bits per heavy atom. The lowest BCUT2D eigenvalue weighted by molar-refractivity contribution is 0.136. The van der Waals surface area contributed by atoms with E-state index in [0.717, 1.165) is 69.3 Å². The topological polar surface area (TPSA) is 59.9 Å². The minimum absolute atomic E-state index is 0.173. The molecule has 2 unspecified atom stereocenters. The van der Waals surface area contributed by atoms with Gasteiger partial charge in [-0.05, 0) is 50.3 Å². The maximum absolute atomic E-state index is 10.00. The van der Waals surface area contributed by atoms with Gasteiger partial charge in [0.05, 0.1) is 6.10 Å². The monoisotopic (exact) mass is 392 g/mol. The maximum atomic E-state index is 10.00. The Hall–Kier alpha value is -1.30. The molecule has 1 aromatic carbocycles. The van der Waals surface area contributed by atoms with E-state index in [0.29, 0.717) is 18.5 Å². The quantitative estimate of drug-likeness (QED) is 0.514. The van der Waals surface area contributed by atoms with Crippen LogP contribution in [0.5, 0.6) is 0 Å². The Bertz CT molecular complexity index is 599. The van der Waals surface area contributed by atoms with E-state index in [1.165, 1.54) is 5.56 Å².